The highest BCUT2D eigenvalue weighted by Crippen LogP contribution is 2.29. The van der Waals surface area contributed by atoms with Gasteiger partial charge in [-0.05, 0) is 74.3 Å². The number of nitrogens with zero attached hydrogens (tertiary/aromatic N) is 1. The molecule has 1 atom stereocenters. The Labute approximate surface area is 143 Å². The van der Waals surface area contributed by atoms with E-state index in [0.29, 0.717) is 0 Å². The highest BCUT2D eigenvalue weighted by atomic mass is 35.5. The van der Waals surface area contributed by atoms with Crippen molar-refractivity contribution >= 4 is 11.6 Å². The molecule has 1 aliphatic rings. The van der Waals surface area contributed by atoms with Crippen LogP contribution in [0.2, 0.25) is 5.02 Å². The number of hydrogen-bond donors (Lipinski definition) is 0. The monoisotopic (exact) mass is 331 g/mol. The molecule has 3 rings (SSSR count). The van der Waals surface area contributed by atoms with Crippen molar-refractivity contribution in [3.05, 3.63) is 70.5 Å². The van der Waals surface area contributed by atoms with Gasteiger partial charge in [-0.1, -0.05) is 42.3 Å². The van der Waals surface area contributed by atoms with E-state index >= 15 is 0 Å². The minimum absolute atomic E-state index is 0.181. The third kappa shape index (κ3) is 4.55. The summed E-state index contributed by atoms with van der Waals surface area (Å²) < 4.78 is 13.3. The van der Waals surface area contributed by atoms with Crippen molar-refractivity contribution in [2.24, 2.45) is 0 Å². The Balaban J connectivity index is 1.77. The van der Waals surface area contributed by atoms with Crippen molar-refractivity contribution in [2.45, 2.75) is 31.6 Å². The molecule has 0 saturated carbocycles. The largest absolute Gasteiger partial charge is 0.303 e. The maximum atomic E-state index is 13.3. The summed E-state index contributed by atoms with van der Waals surface area (Å²) in [6.07, 6.45) is 5.02. The summed E-state index contributed by atoms with van der Waals surface area (Å²) in [7, 11) is 0. The predicted molar refractivity (Wildman–Crippen MR) is 94.6 cm³/mol. The molecule has 1 fully saturated rings. The Morgan fingerprint density at radius 1 is 0.870 bits per heavy atom. The van der Waals surface area contributed by atoms with Crippen molar-refractivity contribution < 1.29 is 4.39 Å². The molecule has 0 spiro atoms. The summed E-state index contributed by atoms with van der Waals surface area (Å²) in [5.41, 5.74) is 2.42. The second kappa shape index (κ2) is 7.94. The van der Waals surface area contributed by atoms with Gasteiger partial charge in [0.05, 0.1) is 0 Å². The van der Waals surface area contributed by atoms with Gasteiger partial charge in [0.2, 0.25) is 0 Å². The number of likely N-dealkylation sites (tertiary alicyclic amines) is 1. The SMILES string of the molecule is Fc1ccc([C@@H](CCN2CCCCC2)c2ccc(Cl)cc2)cc1. The Bertz CT molecular complexity index is 557. The van der Waals surface area contributed by atoms with E-state index in [-0.39, 0.29) is 11.7 Å². The van der Waals surface area contributed by atoms with Crippen molar-refractivity contribution in [3.8, 4) is 0 Å². The summed E-state index contributed by atoms with van der Waals surface area (Å²) >= 11 is 6.02. The number of piperidine rings is 1. The summed E-state index contributed by atoms with van der Waals surface area (Å²) in [6.45, 7) is 3.50. The normalized spacial score (nSPS) is 17.1. The van der Waals surface area contributed by atoms with Crippen LogP contribution >= 0.6 is 11.6 Å². The maximum absolute atomic E-state index is 13.3. The number of hydrogen-bond acceptors (Lipinski definition) is 1. The Hall–Kier alpha value is -1.38. The first-order chi connectivity index (χ1) is 11.2. The lowest BCUT2D eigenvalue weighted by Crippen LogP contribution is -2.31. The van der Waals surface area contributed by atoms with Crippen molar-refractivity contribution in [1.82, 2.24) is 4.90 Å². The van der Waals surface area contributed by atoms with E-state index in [1.807, 2.05) is 24.3 Å². The minimum Gasteiger partial charge on any atom is -0.303 e. The van der Waals surface area contributed by atoms with Gasteiger partial charge in [-0.2, -0.15) is 0 Å². The zero-order chi connectivity index (χ0) is 16.1. The highest BCUT2D eigenvalue weighted by molar-refractivity contribution is 6.30. The molecule has 0 amide bonds. The third-order valence-corrected chi connectivity index (χ3v) is 4.98. The Kier molecular flexibility index (Phi) is 5.69. The smallest absolute Gasteiger partial charge is 0.123 e. The van der Waals surface area contributed by atoms with Gasteiger partial charge in [0, 0.05) is 10.9 Å². The topological polar surface area (TPSA) is 3.24 Å². The first kappa shape index (κ1) is 16.5. The van der Waals surface area contributed by atoms with E-state index in [1.54, 1.807) is 12.1 Å². The lowest BCUT2D eigenvalue weighted by molar-refractivity contribution is 0.223. The van der Waals surface area contributed by atoms with Crippen LogP contribution in [0.3, 0.4) is 0 Å². The molecule has 0 aliphatic carbocycles. The molecular formula is C20H23ClFN. The van der Waals surface area contributed by atoms with Gasteiger partial charge >= 0.3 is 0 Å². The molecule has 0 unspecified atom stereocenters. The predicted octanol–water partition coefficient (Wildman–Crippen LogP) is 5.49. The molecule has 0 aromatic heterocycles. The zero-order valence-electron chi connectivity index (χ0n) is 13.3. The molecule has 122 valence electrons. The van der Waals surface area contributed by atoms with Gasteiger partial charge in [-0.15, -0.1) is 0 Å². The summed E-state index contributed by atoms with van der Waals surface area (Å²) in [4.78, 5) is 2.55. The van der Waals surface area contributed by atoms with Gasteiger partial charge in [0.15, 0.2) is 0 Å². The van der Waals surface area contributed by atoms with Crippen LogP contribution < -0.4 is 0 Å². The molecule has 0 N–H and O–H groups in total. The van der Waals surface area contributed by atoms with Crippen LogP contribution in [-0.2, 0) is 0 Å². The maximum Gasteiger partial charge on any atom is 0.123 e. The molecule has 2 aromatic rings. The molecule has 23 heavy (non-hydrogen) atoms. The average Bonchev–Trinajstić information content (AvgIpc) is 2.59. The zero-order valence-corrected chi connectivity index (χ0v) is 14.1. The summed E-state index contributed by atoms with van der Waals surface area (Å²) in [6, 6.07) is 15.0. The molecule has 3 heteroatoms. The Morgan fingerprint density at radius 2 is 1.43 bits per heavy atom. The van der Waals surface area contributed by atoms with Gasteiger partial charge < -0.3 is 4.90 Å². The molecular weight excluding hydrogens is 309 g/mol. The molecule has 1 aliphatic heterocycles. The third-order valence-electron chi connectivity index (χ3n) is 4.73. The van der Waals surface area contributed by atoms with Crippen molar-refractivity contribution in [2.75, 3.05) is 19.6 Å². The Morgan fingerprint density at radius 3 is 2.04 bits per heavy atom. The number of rotatable bonds is 5. The number of benzene rings is 2. The first-order valence-corrected chi connectivity index (χ1v) is 8.83. The van der Waals surface area contributed by atoms with Crippen LogP contribution in [0.15, 0.2) is 48.5 Å². The van der Waals surface area contributed by atoms with Crippen molar-refractivity contribution in [3.63, 3.8) is 0 Å². The summed E-state index contributed by atoms with van der Waals surface area (Å²) in [5.74, 6) is 0.106. The molecule has 1 heterocycles. The van der Waals surface area contributed by atoms with Crippen LogP contribution in [0.5, 0.6) is 0 Å². The first-order valence-electron chi connectivity index (χ1n) is 8.45. The second-order valence-electron chi connectivity index (χ2n) is 6.35. The molecule has 0 radical (unpaired) electrons. The van der Waals surface area contributed by atoms with Crippen LogP contribution in [0.4, 0.5) is 4.39 Å². The fraction of sp³-hybridized carbons (Fsp3) is 0.400. The van der Waals surface area contributed by atoms with Gasteiger partial charge in [-0.25, -0.2) is 4.39 Å². The van der Waals surface area contributed by atoms with E-state index in [2.05, 4.69) is 17.0 Å². The average molecular weight is 332 g/mol. The fourth-order valence-corrected chi connectivity index (χ4v) is 3.54. The fourth-order valence-electron chi connectivity index (χ4n) is 3.41. The van der Waals surface area contributed by atoms with Crippen LogP contribution in [0.25, 0.3) is 0 Å². The van der Waals surface area contributed by atoms with E-state index in [4.69, 9.17) is 11.6 Å². The molecule has 1 saturated heterocycles. The summed E-state index contributed by atoms with van der Waals surface area (Å²) in [5, 5.41) is 0.752. The quantitative estimate of drug-likeness (QED) is 0.700. The second-order valence-corrected chi connectivity index (χ2v) is 6.78. The van der Waals surface area contributed by atoms with Crippen LogP contribution in [0, 0.1) is 5.82 Å². The van der Waals surface area contributed by atoms with E-state index < -0.39 is 0 Å². The lowest BCUT2D eigenvalue weighted by Gasteiger charge is -2.28. The van der Waals surface area contributed by atoms with E-state index in [9.17, 15) is 4.39 Å². The lowest BCUT2D eigenvalue weighted by atomic mass is 9.88. The molecule has 0 bridgehead atoms. The van der Waals surface area contributed by atoms with Crippen molar-refractivity contribution in [1.29, 1.82) is 0 Å². The number of halogens is 2. The van der Waals surface area contributed by atoms with Gasteiger partial charge in [0.1, 0.15) is 5.82 Å². The van der Waals surface area contributed by atoms with Crippen LogP contribution in [-0.4, -0.2) is 24.5 Å². The molecule has 2 aromatic carbocycles. The van der Waals surface area contributed by atoms with Gasteiger partial charge in [0.25, 0.3) is 0 Å². The van der Waals surface area contributed by atoms with Gasteiger partial charge in [-0.3, -0.25) is 0 Å². The van der Waals surface area contributed by atoms with E-state index in [1.165, 1.54) is 43.5 Å². The molecule has 1 nitrogen and oxygen atoms in total. The highest BCUT2D eigenvalue weighted by Gasteiger charge is 2.17. The minimum atomic E-state index is -0.181. The van der Waals surface area contributed by atoms with E-state index in [0.717, 1.165) is 18.0 Å². The van der Waals surface area contributed by atoms with Crippen LogP contribution in [0.1, 0.15) is 42.7 Å². The standard InChI is InChI=1S/C20H23ClFN/c21-18-8-4-16(5-9-18)20(17-6-10-19(22)11-7-17)12-15-23-13-2-1-3-14-23/h4-11,20H,1-3,12-15H2/t20-/m0/s1.